The highest BCUT2D eigenvalue weighted by atomic mass is 15.0. The lowest BCUT2D eigenvalue weighted by molar-refractivity contribution is 0.993. The highest BCUT2D eigenvalue weighted by Gasteiger charge is 2.03. The van der Waals surface area contributed by atoms with E-state index in [0.717, 1.165) is 23.3 Å². The number of imidazole rings is 1. The van der Waals surface area contributed by atoms with Crippen molar-refractivity contribution in [1.29, 1.82) is 0 Å². The number of pyridine rings is 1. The fourth-order valence-electron chi connectivity index (χ4n) is 1.59. The van der Waals surface area contributed by atoms with E-state index in [4.69, 9.17) is 5.73 Å². The van der Waals surface area contributed by atoms with E-state index in [0.29, 0.717) is 0 Å². The molecule has 68 valence electrons. The molecule has 0 unspecified atom stereocenters. The van der Waals surface area contributed by atoms with E-state index in [1.807, 2.05) is 25.4 Å². The van der Waals surface area contributed by atoms with Crippen LogP contribution in [0.4, 0.5) is 5.69 Å². The minimum absolute atomic E-state index is 0.790. The SMILES string of the molecule is CCc1cnc2c(C)cc(N)cn12. The monoisotopic (exact) mass is 175 g/mol. The topological polar surface area (TPSA) is 43.3 Å². The normalized spacial score (nSPS) is 10.9. The Morgan fingerprint density at radius 3 is 3.00 bits per heavy atom. The van der Waals surface area contributed by atoms with Crippen LogP contribution >= 0.6 is 0 Å². The summed E-state index contributed by atoms with van der Waals surface area (Å²) in [6.07, 6.45) is 4.81. The summed E-state index contributed by atoms with van der Waals surface area (Å²) in [6, 6.07) is 1.95. The molecule has 0 bridgehead atoms. The van der Waals surface area contributed by atoms with E-state index in [9.17, 15) is 0 Å². The number of fused-ring (bicyclic) bond motifs is 1. The third-order valence-electron chi connectivity index (χ3n) is 2.25. The summed E-state index contributed by atoms with van der Waals surface area (Å²) in [4.78, 5) is 4.34. The molecule has 2 rings (SSSR count). The van der Waals surface area contributed by atoms with Crippen molar-refractivity contribution >= 4 is 11.3 Å². The van der Waals surface area contributed by atoms with Crippen molar-refractivity contribution in [2.45, 2.75) is 20.3 Å². The number of anilines is 1. The molecule has 0 aliphatic heterocycles. The van der Waals surface area contributed by atoms with Crippen LogP contribution in [0.5, 0.6) is 0 Å². The van der Waals surface area contributed by atoms with Crippen molar-refractivity contribution in [2.75, 3.05) is 5.73 Å². The largest absolute Gasteiger partial charge is 0.398 e. The fourth-order valence-corrected chi connectivity index (χ4v) is 1.59. The first kappa shape index (κ1) is 8.10. The maximum Gasteiger partial charge on any atom is 0.139 e. The number of aromatic nitrogens is 2. The van der Waals surface area contributed by atoms with Gasteiger partial charge in [0.1, 0.15) is 5.65 Å². The Morgan fingerprint density at radius 1 is 1.54 bits per heavy atom. The lowest BCUT2D eigenvalue weighted by atomic mass is 10.3. The Kier molecular flexibility index (Phi) is 1.72. The first-order valence-corrected chi connectivity index (χ1v) is 4.44. The second kappa shape index (κ2) is 2.76. The first-order chi connectivity index (χ1) is 6.22. The van der Waals surface area contributed by atoms with Gasteiger partial charge >= 0.3 is 0 Å². The summed E-state index contributed by atoms with van der Waals surface area (Å²) in [5.41, 5.74) is 9.88. The summed E-state index contributed by atoms with van der Waals surface area (Å²) < 4.78 is 2.06. The molecule has 2 N–H and O–H groups in total. The van der Waals surface area contributed by atoms with Gasteiger partial charge in [0.2, 0.25) is 0 Å². The van der Waals surface area contributed by atoms with Crippen LogP contribution < -0.4 is 5.73 Å². The molecule has 2 aromatic heterocycles. The van der Waals surface area contributed by atoms with Crippen molar-refractivity contribution in [3.63, 3.8) is 0 Å². The van der Waals surface area contributed by atoms with Gasteiger partial charge in [-0.1, -0.05) is 6.92 Å². The Hall–Kier alpha value is -1.51. The Morgan fingerprint density at radius 2 is 2.31 bits per heavy atom. The summed E-state index contributed by atoms with van der Waals surface area (Å²) in [7, 11) is 0. The van der Waals surface area contributed by atoms with Crippen LogP contribution in [0.25, 0.3) is 5.65 Å². The molecule has 0 radical (unpaired) electrons. The predicted molar refractivity (Wildman–Crippen MR) is 53.7 cm³/mol. The molecule has 2 heterocycles. The van der Waals surface area contributed by atoms with Gasteiger partial charge in [0.25, 0.3) is 0 Å². The Balaban J connectivity index is 2.82. The van der Waals surface area contributed by atoms with Gasteiger partial charge in [0, 0.05) is 23.8 Å². The lowest BCUT2D eigenvalue weighted by Gasteiger charge is -2.02. The van der Waals surface area contributed by atoms with E-state index < -0.39 is 0 Å². The van der Waals surface area contributed by atoms with Gasteiger partial charge in [0.15, 0.2) is 0 Å². The molecule has 0 amide bonds. The number of rotatable bonds is 1. The number of nitrogens with two attached hydrogens (primary N) is 1. The molecular formula is C10H13N3. The zero-order valence-electron chi connectivity index (χ0n) is 7.91. The van der Waals surface area contributed by atoms with E-state index in [1.54, 1.807) is 0 Å². The van der Waals surface area contributed by atoms with E-state index in [-0.39, 0.29) is 0 Å². The minimum atomic E-state index is 0.790. The summed E-state index contributed by atoms with van der Waals surface area (Å²) in [5, 5.41) is 0. The van der Waals surface area contributed by atoms with Gasteiger partial charge in [0.05, 0.1) is 0 Å². The minimum Gasteiger partial charge on any atom is -0.398 e. The molecule has 0 aliphatic carbocycles. The van der Waals surface area contributed by atoms with Crippen LogP contribution in [0, 0.1) is 6.92 Å². The van der Waals surface area contributed by atoms with Crippen molar-refractivity contribution in [3.8, 4) is 0 Å². The third kappa shape index (κ3) is 1.16. The Bertz CT molecular complexity index is 443. The summed E-state index contributed by atoms with van der Waals surface area (Å²) in [5.74, 6) is 0. The van der Waals surface area contributed by atoms with Crippen LogP contribution in [0.2, 0.25) is 0 Å². The maximum absolute atomic E-state index is 5.76. The molecule has 13 heavy (non-hydrogen) atoms. The molecule has 3 nitrogen and oxygen atoms in total. The zero-order valence-corrected chi connectivity index (χ0v) is 7.91. The third-order valence-corrected chi connectivity index (χ3v) is 2.25. The fraction of sp³-hybridized carbons (Fsp3) is 0.300. The molecular weight excluding hydrogens is 162 g/mol. The van der Waals surface area contributed by atoms with Crippen molar-refractivity contribution in [2.24, 2.45) is 0 Å². The van der Waals surface area contributed by atoms with Crippen LogP contribution in [-0.2, 0) is 6.42 Å². The number of hydrogen-bond acceptors (Lipinski definition) is 2. The van der Waals surface area contributed by atoms with E-state index >= 15 is 0 Å². The quantitative estimate of drug-likeness (QED) is 0.718. The highest BCUT2D eigenvalue weighted by molar-refractivity contribution is 5.55. The number of aryl methyl sites for hydroxylation is 2. The van der Waals surface area contributed by atoms with Gasteiger partial charge in [-0.15, -0.1) is 0 Å². The summed E-state index contributed by atoms with van der Waals surface area (Å²) >= 11 is 0. The van der Waals surface area contributed by atoms with Crippen LogP contribution in [0.3, 0.4) is 0 Å². The zero-order chi connectivity index (χ0) is 9.42. The molecule has 0 aliphatic rings. The first-order valence-electron chi connectivity index (χ1n) is 4.44. The molecule has 0 spiro atoms. The number of nitrogens with zero attached hydrogens (tertiary/aromatic N) is 2. The summed E-state index contributed by atoms with van der Waals surface area (Å²) in [6.45, 7) is 4.14. The maximum atomic E-state index is 5.76. The van der Waals surface area contributed by atoms with Crippen LogP contribution in [0.1, 0.15) is 18.2 Å². The van der Waals surface area contributed by atoms with Gasteiger partial charge in [-0.05, 0) is 25.0 Å². The molecule has 0 aromatic carbocycles. The van der Waals surface area contributed by atoms with Gasteiger partial charge in [-0.3, -0.25) is 0 Å². The molecule has 0 atom stereocenters. The number of nitrogen functional groups attached to an aromatic ring is 1. The highest BCUT2D eigenvalue weighted by Crippen LogP contribution is 2.15. The van der Waals surface area contributed by atoms with Crippen molar-refractivity contribution < 1.29 is 0 Å². The average Bonchev–Trinajstić information content (AvgIpc) is 2.47. The van der Waals surface area contributed by atoms with Crippen LogP contribution in [-0.4, -0.2) is 9.38 Å². The van der Waals surface area contributed by atoms with Crippen molar-refractivity contribution in [3.05, 3.63) is 29.7 Å². The van der Waals surface area contributed by atoms with Gasteiger partial charge in [-0.2, -0.15) is 0 Å². The van der Waals surface area contributed by atoms with Gasteiger partial charge in [-0.25, -0.2) is 4.98 Å². The molecule has 2 aromatic rings. The lowest BCUT2D eigenvalue weighted by Crippen LogP contribution is -1.96. The molecule has 0 saturated carbocycles. The molecule has 0 saturated heterocycles. The molecule has 3 heteroatoms. The van der Waals surface area contributed by atoms with Gasteiger partial charge < -0.3 is 10.1 Å². The second-order valence-corrected chi connectivity index (χ2v) is 3.25. The van der Waals surface area contributed by atoms with E-state index in [2.05, 4.69) is 16.3 Å². The molecule has 0 fully saturated rings. The van der Waals surface area contributed by atoms with Crippen LogP contribution in [0.15, 0.2) is 18.5 Å². The average molecular weight is 175 g/mol. The van der Waals surface area contributed by atoms with E-state index in [1.165, 1.54) is 5.69 Å². The van der Waals surface area contributed by atoms with Crippen molar-refractivity contribution in [1.82, 2.24) is 9.38 Å². The number of hydrogen-bond donors (Lipinski definition) is 1. The standard InChI is InChI=1S/C10H13N3/c1-3-9-5-12-10-7(2)4-8(11)6-13(9)10/h4-6H,3,11H2,1-2H3. The predicted octanol–water partition coefficient (Wildman–Crippen LogP) is 1.79. The smallest absolute Gasteiger partial charge is 0.139 e. The Labute approximate surface area is 77.2 Å². The second-order valence-electron chi connectivity index (χ2n) is 3.25.